The molecule has 0 unspecified atom stereocenters. The third-order valence-corrected chi connectivity index (χ3v) is 3.96. The van der Waals surface area contributed by atoms with Gasteiger partial charge in [-0.05, 0) is 31.3 Å². The van der Waals surface area contributed by atoms with Crippen LogP contribution in [0.2, 0.25) is 10.0 Å². The van der Waals surface area contributed by atoms with Gasteiger partial charge in [0.1, 0.15) is 0 Å². The maximum atomic E-state index is 12.8. The summed E-state index contributed by atoms with van der Waals surface area (Å²) in [6.07, 6.45) is -4.59. The molecule has 0 aliphatic heterocycles. The Bertz CT molecular complexity index is 801. The van der Waals surface area contributed by atoms with Crippen LogP contribution in [0.1, 0.15) is 16.8 Å². The lowest BCUT2D eigenvalue weighted by atomic mass is 10.2. The third kappa shape index (κ3) is 4.17. The number of alkyl halides is 3. The van der Waals surface area contributed by atoms with E-state index in [0.717, 1.165) is 12.1 Å². The van der Waals surface area contributed by atoms with Crippen LogP contribution in [0.25, 0.3) is 0 Å². The van der Waals surface area contributed by atoms with E-state index in [1.54, 1.807) is 6.92 Å². The number of nitrogens with two attached hydrogens (primary N) is 1. The molecule has 0 fully saturated rings. The van der Waals surface area contributed by atoms with Gasteiger partial charge in [0.25, 0.3) is 0 Å². The number of methoxy groups -OCH3 is 1. The number of hydrogen-bond acceptors (Lipinski definition) is 4. The van der Waals surface area contributed by atoms with Gasteiger partial charge in [0.05, 0.1) is 33.5 Å². The molecule has 0 saturated heterocycles. The second-order valence-electron chi connectivity index (χ2n) is 4.92. The van der Waals surface area contributed by atoms with Gasteiger partial charge in [-0.1, -0.05) is 23.2 Å². The average molecular weight is 414 g/mol. The van der Waals surface area contributed by atoms with Gasteiger partial charge in [-0.25, -0.2) is 4.68 Å². The summed E-state index contributed by atoms with van der Waals surface area (Å²) in [5.74, 6) is -0.142. The molecule has 1 aromatic carbocycles. The van der Waals surface area contributed by atoms with E-state index in [9.17, 15) is 13.2 Å². The summed E-state index contributed by atoms with van der Waals surface area (Å²) in [5.41, 5.74) is 5.64. The van der Waals surface area contributed by atoms with Crippen molar-refractivity contribution in [2.45, 2.75) is 19.7 Å². The standard InChI is InChI=1S/C14H12Cl2F3N3O2S/c1-6-8(5-23-2)12(21-22(6)13(20)25)24-11-9(15)3-7(4-10(11)16)14(17,18)19/h3-4H,5H2,1-2H3,(H2,20,25). The number of hydrogen-bond donors (Lipinski definition) is 1. The molecule has 0 radical (unpaired) electrons. The Labute approximate surface area is 156 Å². The second kappa shape index (κ2) is 7.36. The van der Waals surface area contributed by atoms with Crippen molar-refractivity contribution in [2.75, 3.05) is 7.11 Å². The van der Waals surface area contributed by atoms with E-state index in [0.29, 0.717) is 11.3 Å². The normalized spacial score (nSPS) is 11.6. The molecule has 2 N–H and O–H groups in total. The van der Waals surface area contributed by atoms with Crippen LogP contribution in [0.5, 0.6) is 11.6 Å². The topological polar surface area (TPSA) is 62.3 Å². The summed E-state index contributed by atoms with van der Waals surface area (Å²) in [7, 11) is 1.46. The summed E-state index contributed by atoms with van der Waals surface area (Å²) in [5, 5.41) is 3.42. The van der Waals surface area contributed by atoms with Crippen molar-refractivity contribution in [3.8, 4) is 11.6 Å². The predicted molar refractivity (Wildman–Crippen MR) is 91.4 cm³/mol. The number of ether oxygens (including phenoxy) is 2. The maximum absolute atomic E-state index is 12.8. The number of nitrogens with zero attached hydrogens (tertiary/aromatic N) is 2. The smallest absolute Gasteiger partial charge is 0.416 e. The number of halogens is 5. The van der Waals surface area contributed by atoms with Crippen LogP contribution in [-0.4, -0.2) is 22.0 Å². The van der Waals surface area contributed by atoms with Gasteiger partial charge in [-0.3, -0.25) is 0 Å². The Morgan fingerprint density at radius 2 is 1.88 bits per heavy atom. The Hall–Kier alpha value is -1.55. The zero-order valence-corrected chi connectivity index (χ0v) is 15.3. The average Bonchev–Trinajstić information content (AvgIpc) is 2.79. The molecule has 1 heterocycles. The molecular weight excluding hydrogens is 402 g/mol. The SMILES string of the molecule is COCc1c(Oc2c(Cl)cc(C(F)(F)F)cc2Cl)nn(C(N)=S)c1C. The van der Waals surface area contributed by atoms with Crippen molar-refractivity contribution in [2.24, 2.45) is 5.73 Å². The molecule has 0 spiro atoms. The van der Waals surface area contributed by atoms with Gasteiger partial charge in [-0.15, -0.1) is 5.10 Å². The van der Waals surface area contributed by atoms with Gasteiger partial charge in [0.15, 0.2) is 10.9 Å². The fourth-order valence-corrected chi connectivity index (χ4v) is 2.78. The molecule has 5 nitrogen and oxygen atoms in total. The Kier molecular flexibility index (Phi) is 5.82. The first-order valence-electron chi connectivity index (χ1n) is 6.67. The molecule has 2 rings (SSSR count). The lowest BCUT2D eigenvalue weighted by Crippen LogP contribution is -2.21. The first-order valence-corrected chi connectivity index (χ1v) is 7.84. The van der Waals surface area contributed by atoms with Crippen molar-refractivity contribution in [1.82, 2.24) is 9.78 Å². The number of aromatic nitrogens is 2. The van der Waals surface area contributed by atoms with Crippen molar-refractivity contribution in [1.29, 1.82) is 0 Å². The van der Waals surface area contributed by atoms with E-state index in [-0.39, 0.29) is 33.4 Å². The van der Waals surface area contributed by atoms with E-state index < -0.39 is 11.7 Å². The van der Waals surface area contributed by atoms with Gasteiger partial charge >= 0.3 is 6.18 Å². The molecule has 136 valence electrons. The largest absolute Gasteiger partial charge is 0.434 e. The molecule has 0 atom stereocenters. The summed E-state index contributed by atoms with van der Waals surface area (Å²) < 4.78 is 50.3. The summed E-state index contributed by atoms with van der Waals surface area (Å²) in [6, 6.07) is 1.44. The minimum atomic E-state index is -4.59. The van der Waals surface area contributed by atoms with E-state index in [1.165, 1.54) is 11.8 Å². The highest BCUT2D eigenvalue weighted by molar-refractivity contribution is 7.80. The van der Waals surface area contributed by atoms with E-state index in [4.69, 9.17) is 50.6 Å². The van der Waals surface area contributed by atoms with E-state index in [1.807, 2.05) is 0 Å². The van der Waals surface area contributed by atoms with Crippen molar-refractivity contribution >= 4 is 40.5 Å². The third-order valence-electron chi connectivity index (χ3n) is 3.23. The van der Waals surface area contributed by atoms with Crippen molar-refractivity contribution in [3.63, 3.8) is 0 Å². The monoisotopic (exact) mass is 413 g/mol. The van der Waals surface area contributed by atoms with Crippen LogP contribution < -0.4 is 10.5 Å². The lowest BCUT2D eigenvalue weighted by Gasteiger charge is -2.12. The summed E-state index contributed by atoms with van der Waals surface area (Å²) >= 11 is 16.7. The zero-order chi connectivity index (χ0) is 18.9. The molecule has 0 amide bonds. The Balaban J connectivity index is 2.50. The summed E-state index contributed by atoms with van der Waals surface area (Å²) in [6.45, 7) is 1.79. The van der Waals surface area contributed by atoms with Crippen LogP contribution in [0.3, 0.4) is 0 Å². The van der Waals surface area contributed by atoms with Gasteiger partial charge in [0.2, 0.25) is 5.88 Å². The molecule has 0 aliphatic carbocycles. The molecule has 2 aromatic rings. The summed E-state index contributed by atoms with van der Waals surface area (Å²) in [4.78, 5) is 0. The van der Waals surface area contributed by atoms with E-state index >= 15 is 0 Å². The molecule has 0 bridgehead atoms. The quantitative estimate of drug-likeness (QED) is 0.744. The number of thiocarbonyl (C=S) groups is 1. The molecule has 0 saturated carbocycles. The molecule has 11 heteroatoms. The highest BCUT2D eigenvalue weighted by Crippen LogP contribution is 2.42. The van der Waals surface area contributed by atoms with Crippen molar-refractivity contribution in [3.05, 3.63) is 39.0 Å². The fraction of sp³-hybridized carbons (Fsp3) is 0.286. The zero-order valence-electron chi connectivity index (χ0n) is 12.9. The second-order valence-corrected chi connectivity index (χ2v) is 6.15. The molecule has 0 aliphatic rings. The predicted octanol–water partition coefficient (Wildman–Crippen LogP) is 4.55. The maximum Gasteiger partial charge on any atom is 0.416 e. The fourth-order valence-electron chi connectivity index (χ4n) is 2.03. The number of benzene rings is 1. The number of rotatable bonds is 4. The first-order chi connectivity index (χ1) is 11.6. The molecule has 1 aromatic heterocycles. The van der Waals surface area contributed by atoms with Crippen LogP contribution >= 0.6 is 35.4 Å². The van der Waals surface area contributed by atoms with Crippen LogP contribution in [-0.2, 0) is 17.5 Å². The van der Waals surface area contributed by atoms with Crippen molar-refractivity contribution < 1.29 is 22.6 Å². The van der Waals surface area contributed by atoms with Crippen LogP contribution in [0.4, 0.5) is 13.2 Å². The first kappa shape index (κ1) is 19.8. The highest BCUT2D eigenvalue weighted by Gasteiger charge is 2.32. The van der Waals surface area contributed by atoms with E-state index in [2.05, 4.69) is 5.10 Å². The molecule has 25 heavy (non-hydrogen) atoms. The lowest BCUT2D eigenvalue weighted by molar-refractivity contribution is -0.137. The Morgan fingerprint density at radius 1 is 1.32 bits per heavy atom. The molecular formula is C14H12Cl2F3N3O2S. The highest BCUT2D eigenvalue weighted by atomic mass is 35.5. The minimum absolute atomic E-state index is 0.0238. The van der Waals surface area contributed by atoms with Crippen LogP contribution in [0.15, 0.2) is 12.1 Å². The van der Waals surface area contributed by atoms with Crippen LogP contribution in [0, 0.1) is 6.92 Å². The van der Waals surface area contributed by atoms with Gasteiger partial charge in [-0.2, -0.15) is 13.2 Å². The Morgan fingerprint density at radius 3 is 2.32 bits per heavy atom. The minimum Gasteiger partial charge on any atom is -0.434 e. The van der Waals surface area contributed by atoms with Gasteiger partial charge < -0.3 is 15.2 Å². The van der Waals surface area contributed by atoms with Gasteiger partial charge in [0, 0.05) is 7.11 Å².